The zero-order valence-corrected chi connectivity index (χ0v) is 9.88. The molecule has 2 aliphatic rings. The van der Waals surface area contributed by atoms with Gasteiger partial charge in [-0.1, -0.05) is 13.8 Å². The molecule has 0 heterocycles. The van der Waals surface area contributed by atoms with Gasteiger partial charge in [0.25, 0.3) is 0 Å². The van der Waals surface area contributed by atoms with Gasteiger partial charge in [0.05, 0.1) is 0 Å². The van der Waals surface area contributed by atoms with E-state index in [0.717, 1.165) is 19.3 Å². The minimum atomic E-state index is -1.09. The summed E-state index contributed by atoms with van der Waals surface area (Å²) in [6, 6.07) is 0.166. The number of hydrogen-bond donors (Lipinski definition) is 2. The number of carboxylic acid groups (broad SMARTS) is 1. The first-order chi connectivity index (χ1) is 7.36. The molecule has 0 bridgehead atoms. The standard InChI is InChI=1S/C12H19NO3/c1-11(2)4-3-8(7-11)13-9(14)12(5-6-12)10(15)16/h8H,3-7H2,1-2H3,(H,13,14)(H,15,16). The fourth-order valence-electron chi connectivity index (χ4n) is 2.55. The first-order valence-electron chi connectivity index (χ1n) is 5.90. The third-order valence-corrected chi connectivity index (χ3v) is 3.90. The molecule has 2 N–H and O–H groups in total. The van der Waals surface area contributed by atoms with E-state index in [4.69, 9.17) is 5.11 Å². The van der Waals surface area contributed by atoms with Crippen LogP contribution in [0, 0.1) is 10.8 Å². The van der Waals surface area contributed by atoms with Crippen LogP contribution in [0.15, 0.2) is 0 Å². The van der Waals surface area contributed by atoms with E-state index in [-0.39, 0.29) is 17.4 Å². The summed E-state index contributed by atoms with van der Waals surface area (Å²) in [6.07, 6.45) is 4.00. The summed E-state index contributed by atoms with van der Waals surface area (Å²) in [5.41, 5.74) is -0.815. The highest BCUT2D eigenvalue weighted by molar-refractivity contribution is 6.04. The van der Waals surface area contributed by atoms with Gasteiger partial charge in [0.15, 0.2) is 0 Å². The Morgan fingerprint density at radius 2 is 1.88 bits per heavy atom. The Labute approximate surface area is 95.4 Å². The molecule has 0 aromatic rings. The summed E-state index contributed by atoms with van der Waals surface area (Å²) in [4.78, 5) is 22.8. The molecule has 0 radical (unpaired) electrons. The van der Waals surface area contributed by atoms with Crippen molar-refractivity contribution >= 4 is 11.9 Å². The van der Waals surface area contributed by atoms with Crippen molar-refractivity contribution in [3.05, 3.63) is 0 Å². The summed E-state index contributed by atoms with van der Waals surface area (Å²) >= 11 is 0. The molecule has 0 aliphatic heterocycles. The average Bonchev–Trinajstić information content (AvgIpc) is 2.89. The molecule has 2 saturated carbocycles. The molecule has 4 heteroatoms. The maximum absolute atomic E-state index is 11.8. The van der Waals surface area contributed by atoms with Gasteiger partial charge < -0.3 is 10.4 Å². The number of carbonyl (C=O) groups excluding carboxylic acids is 1. The number of rotatable bonds is 3. The number of hydrogen-bond acceptors (Lipinski definition) is 2. The molecule has 2 aliphatic carbocycles. The molecule has 16 heavy (non-hydrogen) atoms. The lowest BCUT2D eigenvalue weighted by Gasteiger charge is -2.19. The summed E-state index contributed by atoms with van der Waals surface area (Å²) in [5.74, 6) is -1.25. The largest absolute Gasteiger partial charge is 0.480 e. The third-order valence-electron chi connectivity index (χ3n) is 3.90. The Hall–Kier alpha value is -1.06. The minimum Gasteiger partial charge on any atom is -0.480 e. The Kier molecular flexibility index (Phi) is 2.48. The van der Waals surface area contributed by atoms with Crippen molar-refractivity contribution in [3.63, 3.8) is 0 Å². The zero-order chi connectivity index (χ0) is 12.0. The van der Waals surface area contributed by atoms with Gasteiger partial charge in [0, 0.05) is 6.04 Å². The van der Waals surface area contributed by atoms with Crippen molar-refractivity contribution in [1.29, 1.82) is 0 Å². The second-order valence-electron chi connectivity index (χ2n) is 5.96. The molecule has 0 aromatic heterocycles. The summed E-state index contributed by atoms with van der Waals surface area (Å²) in [5, 5.41) is 11.9. The van der Waals surface area contributed by atoms with Crippen LogP contribution >= 0.6 is 0 Å². The highest BCUT2D eigenvalue weighted by Crippen LogP contribution is 2.47. The first kappa shape index (κ1) is 11.4. The topological polar surface area (TPSA) is 66.4 Å². The molecule has 2 fully saturated rings. The van der Waals surface area contributed by atoms with Crippen LogP contribution in [0.5, 0.6) is 0 Å². The van der Waals surface area contributed by atoms with Crippen LogP contribution in [0.4, 0.5) is 0 Å². The number of amides is 1. The van der Waals surface area contributed by atoms with Gasteiger partial charge in [-0.3, -0.25) is 9.59 Å². The molecular formula is C12H19NO3. The fraction of sp³-hybridized carbons (Fsp3) is 0.833. The van der Waals surface area contributed by atoms with Gasteiger partial charge in [0.1, 0.15) is 5.41 Å². The monoisotopic (exact) mass is 225 g/mol. The molecule has 2 rings (SSSR count). The normalized spacial score (nSPS) is 29.8. The van der Waals surface area contributed by atoms with E-state index in [1.54, 1.807) is 0 Å². The molecule has 4 nitrogen and oxygen atoms in total. The molecule has 0 aromatic carbocycles. The molecule has 90 valence electrons. The van der Waals surface area contributed by atoms with Gasteiger partial charge in [-0.15, -0.1) is 0 Å². The predicted octanol–water partition coefficient (Wildman–Crippen LogP) is 1.55. The van der Waals surface area contributed by atoms with Crippen LogP contribution < -0.4 is 5.32 Å². The van der Waals surface area contributed by atoms with Crippen molar-refractivity contribution < 1.29 is 14.7 Å². The van der Waals surface area contributed by atoms with Gasteiger partial charge in [-0.2, -0.15) is 0 Å². The number of nitrogens with one attached hydrogen (secondary N) is 1. The Balaban J connectivity index is 1.92. The smallest absolute Gasteiger partial charge is 0.319 e. The molecule has 0 saturated heterocycles. The summed E-state index contributed by atoms with van der Waals surface area (Å²) < 4.78 is 0. The maximum Gasteiger partial charge on any atom is 0.319 e. The van der Waals surface area contributed by atoms with E-state index in [1.165, 1.54) is 0 Å². The van der Waals surface area contributed by atoms with E-state index in [0.29, 0.717) is 12.8 Å². The second kappa shape index (κ2) is 3.47. The Morgan fingerprint density at radius 3 is 2.25 bits per heavy atom. The lowest BCUT2D eigenvalue weighted by atomic mass is 9.92. The van der Waals surface area contributed by atoms with E-state index >= 15 is 0 Å². The van der Waals surface area contributed by atoms with Crippen LogP contribution in [0.1, 0.15) is 46.0 Å². The SMILES string of the molecule is CC1(C)CCC(NC(=O)C2(C(=O)O)CC2)C1. The summed E-state index contributed by atoms with van der Waals surface area (Å²) in [6.45, 7) is 4.37. The van der Waals surface area contributed by atoms with Crippen molar-refractivity contribution in [2.24, 2.45) is 10.8 Å². The number of carboxylic acids is 1. The third kappa shape index (κ3) is 1.93. The minimum absolute atomic E-state index is 0.166. The maximum atomic E-state index is 11.8. The van der Waals surface area contributed by atoms with Crippen LogP contribution in [-0.2, 0) is 9.59 Å². The molecule has 1 unspecified atom stereocenters. The van der Waals surface area contributed by atoms with Crippen LogP contribution in [0.25, 0.3) is 0 Å². The van der Waals surface area contributed by atoms with E-state index in [9.17, 15) is 9.59 Å². The first-order valence-corrected chi connectivity index (χ1v) is 5.90. The Morgan fingerprint density at radius 1 is 1.25 bits per heavy atom. The van der Waals surface area contributed by atoms with E-state index in [1.807, 2.05) is 0 Å². The van der Waals surface area contributed by atoms with Crippen LogP contribution in [-0.4, -0.2) is 23.0 Å². The van der Waals surface area contributed by atoms with Gasteiger partial charge in [-0.05, 0) is 37.5 Å². The van der Waals surface area contributed by atoms with Crippen molar-refractivity contribution in [2.45, 2.75) is 52.0 Å². The quantitative estimate of drug-likeness (QED) is 0.716. The van der Waals surface area contributed by atoms with Crippen molar-refractivity contribution in [3.8, 4) is 0 Å². The molecule has 1 atom stereocenters. The number of aliphatic carboxylic acids is 1. The fourth-order valence-corrected chi connectivity index (χ4v) is 2.55. The average molecular weight is 225 g/mol. The van der Waals surface area contributed by atoms with Crippen LogP contribution in [0.3, 0.4) is 0 Å². The lowest BCUT2D eigenvalue weighted by Crippen LogP contribution is -2.42. The van der Waals surface area contributed by atoms with Gasteiger partial charge in [-0.25, -0.2) is 0 Å². The van der Waals surface area contributed by atoms with Gasteiger partial charge in [0.2, 0.25) is 5.91 Å². The molecular weight excluding hydrogens is 206 g/mol. The molecule has 1 amide bonds. The van der Waals surface area contributed by atoms with Crippen molar-refractivity contribution in [2.75, 3.05) is 0 Å². The van der Waals surface area contributed by atoms with E-state index < -0.39 is 11.4 Å². The predicted molar refractivity (Wildman–Crippen MR) is 58.9 cm³/mol. The highest BCUT2D eigenvalue weighted by atomic mass is 16.4. The van der Waals surface area contributed by atoms with Crippen molar-refractivity contribution in [1.82, 2.24) is 5.32 Å². The van der Waals surface area contributed by atoms with Crippen LogP contribution in [0.2, 0.25) is 0 Å². The van der Waals surface area contributed by atoms with Gasteiger partial charge >= 0.3 is 5.97 Å². The molecule has 0 spiro atoms. The zero-order valence-electron chi connectivity index (χ0n) is 9.88. The number of carbonyl (C=O) groups is 2. The van der Waals surface area contributed by atoms with E-state index in [2.05, 4.69) is 19.2 Å². The Bertz CT molecular complexity index is 331. The summed E-state index contributed by atoms with van der Waals surface area (Å²) in [7, 11) is 0. The highest BCUT2D eigenvalue weighted by Gasteiger charge is 2.57. The second-order valence-corrected chi connectivity index (χ2v) is 5.96. The lowest BCUT2D eigenvalue weighted by molar-refractivity contribution is -0.149.